The molecule has 2 aliphatic rings. The van der Waals surface area contributed by atoms with Gasteiger partial charge >= 0.3 is 0 Å². The summed E-state index contributed by atoms with van der Waals surface area (Å²) in [6.07, 6.45) is 6.70. The minimum atomic E-state index is -0.231. The highest BCUT2D eigenvalue weighted by molar-refractivity contribution is 7.64. The molecular formula is C29H38ClN6O2P. The summed E-state index contributed by atoms with van der Waals surface area (Å²) >= 11 is 6.46. The second-order valence-corrected chi connectivity index (χ2v) is 13.0. The molecule has 2 aliphatic heterocycles. The highest BCUT2D eigenvalue weighted by Gasteiger charge is 2.26. The van der Waals surface area contributed by atoms with E-state index in [0.29, 0.717) is 16.8 Å². The zero-order valence-corrected chi connectivity index (χ0v) is 24.9. The first-order valence-electron chi connectivity index (χ1n) is 13.5. The maximum atomic E-state index is 6.46. The third-order valence-corrected chi connectivity index (χ3v) is 9.20. The van der Waals surface area contributed by atoms with Gasteiger partial charge in [0, 0.05) is 30.9 Å². The first kappa shape index (κ1) is 27.8. The highest BCUT2D eigenvalue weighted by atomic mass is 35.5. The summed E-state index contributed by atoms with van der Waals surface area (Å²) in [5.41, 5.74) is 2.76. The van der Waals surface area contributed by atoms with Crippen LogP contribution in [0.4, 0.5) is 28.8 Å². The largest absolute Gasteiger partial charge is 0.495 e. The van der Waals surface area contributed by atoms with Crippen LogP contribution >= 0.6 is 19.5 Å². The molecule has 0 amide bonds. The molecule has 2 fully saturated rings. The normalized spacial score (nSPS) is 16.5. The molecular weight excluding hydrogens is 531 g/mol. The fraction of sp³-hybridized carbons (Fsp3) is 0.448. The number of nitrogens with one attached hydrogen (secondary N) is 2. The van der Waals surface area contributed by atoms with Crippen molar-refractivity contribution < 1.29 is 9.47 Å². The van der Waals surface area contributed by atoms with Crippen molar-refractivity contribution in [2.75, 3.05) is 69.3 Å². The van der Waals surface area contributed by atoms with Gasteiger partial charge in [0.15, 0.2) is 5.82 Å². The molecule has 208 valence electrons. The summed E-state index contributed by atoms with van der Waals surface area (Å²) in [5.74, 6) is 2.40. The van der Waals surface area contributed by atoms with Crippen LogP contribution in [0.25, 0.3) is 0 Å². The van der Waals surface area contributed by atoms with Crippen molar-refractivity contribution >= 4 is 53.7 Å². The van der Waals surface area contributed by atoms with Gasteiger partial charge in [0.2, 0.25) is 5.95 Å². The maximum Gasteiger partial charge on any atom is 0.229 e. The number of nitrogens with zero attached hydrogens (tertiary/aromatic N) is 4. The van der Waals surface area contributed by atoms with Crippen LogP contribution in [0.1, 0.15) is 25.7 Å². The van der Waals surface area contributed by atoms with Crippen LogP contribution in [0.3, 0.4) is 0 Å². The summed E-state index contributed by atoms with van der Waals surface area (Å²) in [7, 11) is 3.12. The molecule has 8 nitrogen and oxygen atoms in total. The first-order chi connectivity index (χ1) is 18.9. The number of likely N-dealkylation sites (tertiary alicyclic amines) is 1. The van der Waals surface area contributed by atoms with Crippen LogP contribution in [0.2, 0.25) is 5.02 Å². The predicted octanol–water partition coefficient (Wildman–Crippen LogP) is 6.07. The summed E-state index contributed by atoms with van der Waals surface area (Å²) in [4.78, 5) is 14.2. The Kier molecular flexibility index (Phi) is 8.96. The third kappa shape index (κ3) is 6.51. The van der Waals surface area contributed by atoms with Crippen LogP contribution in [-0.2, 0) is 0 Å². The van der Waals surface area contributed by atoms with E-state index in [-0.39, 0.29) is 7.92 Å². The minimum Gasteiger partial charge on any atom is -0.495 e. The summed E-state index contributed by atoms with van der Waals surface area (Å²) in [6, 6.07) is 13.1. The Hall–Kier alpha value is -2.80. The molecule has 0 spiro atoms. The van der Waals surface area contributed by atoms with Crippen LogP contribution in [0.5, 0.6) is 11.5 Å². The van der Waals surface area contributed by atoms with Gasteiger partial charge in [-0.15, -0.1) is 0 Å². The van der Waals surface area contributed by atoms with Crippen LogP contribution in [0.15, 0.2) is 42.6 Å². The van der Waals surface area contributed by atoms with E-state index in [1.165, 1.54) is 49.8 Å². The van der Waals surface area contributed by atoms with E-state index in [1.54, 1.807) is 20.4 Å². The number of rotatable bonds is 9. The van der Waals surface area contributed by atoms with Gasteiger partial charge in [0.1, 0.15) is 16.5 Å². The van der Waals surface area contributed by atoms with E-state index in [0.717, 1.165) is 42.0 Å². The summed E-state index contributed by atoms with van der Waals surface area (Å²) in [5, 5.41) is 8.29. The van der Waals surface area contributed by atoms with Gasteiger partial charge < -0.3 is 29.9 Å². The van der Waals surface area contributed by atoms with Crippen molar-refractivity contribution in [2.24, 2.45) is 0 Å². The van der Waals surface area contributed by atoms with Gasteiger partial charge in [-0.3, -0.25) is 0 Å². The van der Waals surface area contributed by atoms with Gasteiger partial charge in [-0.05, 0) is 81.7 Å². The smallest absolute Gasteiger partial charge is 0.229 e. The fourth-order valence-electron chi connectivity index (χ4n) is 5.40. The number of benzene rings is 2. The lowest BCUT2D eigenvalue weighted by Crippen LogP contribution is -2.43. The standard InChI is InChI=1S/C29H38ClN6O2P/c1-37-26-17-21(36-15-11-20(12-16-36)35-13-5-6-14-35)7-9-25(26)33-29-31-19-23(30)28(34-29)32-24-10-8-22(39(3)4)18-27(24)38-2/h7-10,17-20H,5-6,11-16H2,1-4H3,(H2,31,32,33,34). The molecule has 0 saturated carbocycles. The van der Waals surface area contributed by atoms with E-state index in [9.17, 15) is 0 Å². The maximum absolute atomic E-state index is 6.46. The molecule has 0 unspecified atom stereocenters. The molecule has 2 aromatic carbocycles. The van der Waals surface area contributed by atoms with Crippen LogP contribution in [-0.4, -0.2) is 74.6 Å². The van der Waals surface area contributed by atoms with Crippen molar-refractivity contribution in [3.8, 4) is 11.5 Å². The zero-order chi connectivity index (χ0) is 27.4. The molecule has 10 heteroatoms. The van der Waals surface area contributed by atoms with E-state index >= 15 is 0 Å². The molecule has 2 N–H and O–H groups in total. The number of anilines is 5. The minimum absolute atomic E-state index is 0.231. The average molecular weight is 569 g/mol. The van der Waals surface area contributed by atoms with Crippen molar-refractivity contribution in [3.05, 3.63) is 47.6 Å². The molecule has 0 radical (unpaired) electrons. The molecule has 3 heterocycles. The zero-order valence-electron chi connectivity index (χ0n) is 23.2. The van der Waals surface area contributed by atoms with Gasteiger partial charge in [-0.1, -0.05) is 25.6 Å². The van der Waals surface area contributed by atoms with Gasteiger partial charge in [-0.25, -0.2) is 4.98 Å². The Labute approximate surface area is 237 Å². The number of methoxy groups -OCH3 is 2. The van der Waals surface area contributed by atoms with Gasteiger partial charge in [-0.2, -0.15) is 4.98 Å². The molecule has 1 aromatic heterocycles. The molecule has 5 rings (SSSR count). The quantitative estimate of drug-likeness (QED) is 0.302. The Bertz CT molecular complexity index is 1280. The summed E-state index contributed by atoms with van der Waals surface area (Å²) in [6.45, 7) is 9.09. The van der Waals surface area contributed by atoms with E-state index < -0.39 is 0 Å². The monoisotopic (exact) mass is 568 g/mol. The molecule has 2 saturated heterocycles. The highest BCUT2D eigenvalue weighted by Crippen LogP contribution is 2.36. The van der Waals surface area contributed by atoms with E-state index in [1.807, 2.05) is 12.1 Å². The molecule has 0 atom stereocenters. The van der Waals surface area contributed by atoms with Crippen molar-refractivity contribution in [1.29, 1.82) is 0 Å². The Morgan fingerprint density at radius 3 is 2.26 bits per heavy atom. The summed E-state index contributed by atoms with van der Waals surface area (Å²) < 4.78 is 11.4. The van der Waals surface area contributed by atoms with Crippen molar-refractivity contribution in [2.45, 2.75) is 31.7 Å². The fourth-order valence-corrected chi connectivity index (χ4v) is 6.29. The van der Waals surface area contributed by atoms with E-state index in [4.69, 9.17) is 21.1 Å². The predicted molar refractivity (Wildman–Crippen MR) is 164 cm³/mol. The second kappa shape index (κ2) is 12.6. The third-order valence-electron chi connectivity index (χ3n) is 7.62. The topological polar surface area (TPSA) is 74.8 Å². The Morgan fingerprint density at radius 2 is 1.56 bits per heavy atom. The molecule has 0 bridgehead atoms. The van der Waals surface area contributed by atoms with Gasteiger partial charge in [0.25, 0.3) is 0 Å². The van der Waals surface area contributed by atoms with Crippen molar-refractivity contribution in [3.63, 3.8) is 0 Å². The lowest BCUT2D eigenvalue weighted by atomic mass is 10.0. The first-order valence-corrected chi connectivity index (χ1v) is 16.2. The molecule has 39 heavy (non-hydrogen) atoms. The van der Waals surface area contributed by atoms with Gasteiger partial charge in [0.05, 0.1) is 31.8 Å². The number of halogens is 1. The number of hydrogen-bond acceptors (Lipinski definition) is 8. The van der Waals surface area contributed by atoms with Crippen LogP contribution in [0, 0.1) is 0 Å². The molecule has 3 aromatic rings. The Morgan fingerprint density at radius 1 is 0.897 bits per heavy atom. The number of ether oxygens (including phenoxy) is 2. The van der Waals surface area contributed by atoms with E-state index in [2.05, 4.69) is 68.0 Å². The SMILES string of the molecule is COc1cc(N2CCC(N3CCCC3)CC2)ccc1Nc1ncc(Cl)c(Nc2ccc(P(C)C)cc2OC)n1. The Balaban J connectivity index is 1.29. The lowest BCUT2D eigenvalue weighted by Gasteiger charge is -2.38. The second-order valence-electron chi connectivity index (χ2n) is 10.3. The van der Waals surface area contributed by atoms with Crippen LogP contribution < -0.4 is 30.3 Å². The number of aromatic nitrogens is 2. The van der Waals surface area contributed by atoms with Crippen molar-refractivity contribution in [1.82, 2.24) is 14.9 Å². The number of piperidine rings is 1. The number of hydrogen-bond donors (Lipinski definition) is 2. The lowest BCUT2D eigenvalue weighted by molar-refractivity contribution is 0.208. The average Bonchev–Trinajstić information content (AvgIpc) is 3.50. The molecule has 0 aliphatic carbocycles.